The van der Waals surface area contributed by atoms with E-state index in [1.807, 2.05) is 0 Å². The molecule has 0 bridgehead atoms. The average Bonchev–Trinajstić information content (AvgIpc) is 2.57. The molecule has 23 heavy (non-hydrogen) atoms. The molecule has 122 valence electrons. The van der Waals surface area contributed by atoms with E-state index in [1.165, 1.54) is 18.1 Å². The average molecular weight is 356 g/mol. The van der Waals surface area contributed by atoms with Crippen molar-refractivity contribution in [1.29, 1.82) is 0 Å². The van der Waals surface area contributed by atoms with E-state index in [4.69, 9.17) is 16.3 Å². The van der Waals surface area contributed by atoms with Crippen LogP contribution in [0.3, 0.4) is 0 Å². The molecule has 2 aromatic heterocycles. The first-order valence-electron chi connectivity index (χ1n) is 6.80. The van der Waals surface area contributed by atoms with Crippen molar-refractivity contribution < 1.29 is 20.1 Å². The SMILES string of the molecule is O[C@@H]1[C@@H](O)[C@H](Oc2ccc(-c3cncnc3)nc2Cl)SC[C@H]1O. The van der Waals surface area contributed by atoms with Crippen molar-refractivity contribution in [1.82, 2.24) is 15.0 Å². The van der Waals surface area contributed by atoms with Crippen molar-refractivity contribution in [2.45, 2.75) is 23.7 Å². The molecule has 0 saturated carbocycles. The summed E-state index contributed by atoms with van der Waals surface area (Å²) in [6, 6.07) is 3.33. The summed E-state index contributed by atoms with van der Waals surface area (Å²) in [7, 11) is 0. The molecular weight excluding hydrogens is 342 g/mol. The number of thioether (sulfide) groups is 1. The van der Waals surface area contributed by atoms with E-state index in [1.54, 1.807) is 24.5 Å². The topological polar surface area (TPSA) is 109 Å². The molecule has 1 aliphatic heterocycles. The zero-order valence-corrected chi connectivity index (χ0v) is 13.4. The second-order valence-electron chi connectivity index (χ2n) is 4.98. The maximum Gasteiger partial charge on any atom is 0.173 e. The van der Waals surface area contributed by atoms with Crippen LogP contribution in [0.25, 0.3) is 11.3 Å². The molecule has 2 aromatic rings. The largest absolute Gasteiger partial charge is 0.474 e. The van der Waals surface area contributed by atoms with E-state index in [0.717, 1.165) is 0 Å². The Morgan fingerprint density at radius 1 is 1.13 bits per heavy atom. The van der Waals surface area contributed by atoms with Gasteiger partial charge in [0.15, 0.2) is 16.3 Å². The Labute approximate surface area is 141 Å². The lowest BCUT2D eigenvalue weighted by atomic mass is 10.1. The lowest BCUT2D eigenvalue weighted by molar-refractivity contribution is -0.0786. The van der Waals surface area contributed by atoms with Crippen LogP contribution in [0.15, 0.2) is 30.9 Å². The first kappa shape index (κ1) is 16.4. The Hall–Kier alpha value is -1.45. The predicted molar refractivity (Wildman–Crippen MR) is 85.2 cm³/mol. The molecule has 0 radical (unpaired) electrons. The van der Waals surface area contributed by atoms with Gasteiger partial charge in [0, 0.05) is 23.7 Å². The second-order valence-corrected chi connectivity index (χ2v) is 6.47. The Kier molecular flexibility index (Phi) is 4.98. The summed E-state index contributed by atoms with van der Waals surface area (Å²) in [4.78, 5) is 12.1. The molecule has 0 spiro atoms. The number of aliphatic hydroxyl groups is 3. The van der Waals surface area contributed by atoms with Crippen LogP contribution in [0.5, 0.6) is 5.75 Å². The summed E-state index contributed by atoms with van der Waals surface area (Å²) >= 11 is 7.33. The number of hydrogen-bond donors (Lipinski definition) is 3. The molecule has 3 rings (SSSR count). The van der Waals surface area contributed by atoms with Gasteiger partial charge in [0.05, 0.1) is 11.8 Å². The van der Waals surface area contributed by atoms with Crippen molar-refractivity contribution in [3.8, 4) is 17.0 Å². The van der Waals surface area contributed by atoms with Crippen LogP contribution in [0, 0.1) is 0 Å². The normalized spacial score (nSPS) is 27.7. The molecule has 0 unspecified atom stereocenters. The van der Waals surface area contributed by atoms with Crippen molar-refractivity contribution in [2.75, 3.05) is 5.75 Å². The molecule has 1 aliphatic rings. The number of ether oxygens (including phenoxy) is 1. The standard InChI is InChI=1S/C14H14ClN3O4S/c15-13-10(22-14-12(21)11(20)9(19)5-23-14)2-1-8(18-13)7-3-16-6-17-4-7/h1-4,6,9,11-12,14,19-21H,5H2/t9-,11+,12-,14-/m1/s1. The number of rotatable bonds is 3. The van der Waals surface area contributed by atoms with Gasteiger partial charge in [-0.2, -0.15) is 0 Å². The number of hydrogen-bond acceptors (Lipinski definition) is 8. The third kappa shape index (κ3) is 3.56. The van der Waals surface area contributed by atoms with Crippen LogP contribution in [-0.4, -0.2) is 59.8 Å². The highest BCUT2D eigenvalue weighted by molar-refractivity contribution is 7.99. The smallest absolute Gasteiger partial charge is 0.173 e. The molecule has 9 heteroatoms. The van der Waals surface area contributed by atoms with Gasteiger partial charge in [0.2, 0.25) is 0 Å². The number of aromatic nitrogens is 3. The van der Waals surface area contributed by atoms with E-state index < -0.39 is 23.7 Å². The molecule has 3 N–H and O–H groups in total. The zero-order chi connectivity index (χ0) is 16.4. The Bertz CT molecular complexity index is 678. The Morgan fingerprint density at radius 2 is 1.87 bits per heavy atom. The number of pyridine rings is 1. The van der Waals surface area contributed by atoms with Gasteiger partial charge in [-0.15, -0.1) is 11.8 Å². The van der Waals surface area contributed by atoms with Gasteiger partial charge in [-0.05, 0) is 12.1 Å². The molecule has 1 saturated heterocycles. The second kappa shape index (κ2) is 6.98. The molecule has 7 nitrogen and oxygen atoms in total. The first-order valence-corrected chi connectivity index (χ1v) is 8.23. The monoisotopic (exact) mass is 355 g/mol. The fraction of sp³-hybridized carbons (Fsp3) is 0.357. The molecule has 0 amide bonds. The lowest BCUT2D eigenvalue weighted by Crippen LogP contribution is -2.50. The van der Waals surface area contributed by atoms with E-state index in [-0.39, 0.29) is 16.7 Å². The quantitative estimate of drug-likeness (QED) is 0.691. The molecule has 4 atom stereocenters. The van der Waals surface area contributed by atoms with Gasteiger partial charge in [-0.1, -0.05) is 11.6 Å². The molecular formula is C14H14ClN3O4S. The highest BCUT2D eigenvalue weighted by Crippen LogP contribution is 2.33. The van der Waals surface area contributed by atoms with Gasteiger partial charge < -0.3 is 20.1 Å². The maximum atomic E-state index is 9.96. The van der Waals surface area contributed by atoms with E-state index in [0.29, 0.717) is 11.3 Å². The minimum atomic E-state index is -1.26. The summed E-state index contributed by atoms with van der Waals surface area (Å²) in [6.07, 6.45) is 1.19. The summed E-state index contributed by atoms with van der Waals surface area (Å²) in [5.41, 5.74) is 0.570. The summed E-state index contributed by atoms with van der Waals surface area (Å²) in [5, 5.41) is 29.3. The van der Waals surface area contributed by atoms with E-state index in [9.17, 15) is 15.3 Å². The van der Waals surface area contributed by atoms with Gasteiger partial charge in [-0.3, -0.25) is 0 Å². The minimum absolute atomic E-state index is 0.125. The van der Waals surface area contributed by atoms with E-state index >= 15 is 0 Å². The van der Waals surface area contributed by atoms with Crippen molar-refractivity contribution in [3.63, 3.8) is 0 Å². The van der Waals surface area contributed by atoms with Gasteiger partial charge in [-0.25, -0.2) is 15.0 Å². The van der Waals surface area contributed by atoms with Gasteiger partial charge in [0.25, 0.3) is 0 Å². The zero-order valence-electron chi connectivity index (χ0n) is 11.8. The van der Waals surface area contributed by atoms with Crippen molar-refractivity contribution in [2.24, 2.45) is 0 Å². The third-order valence-corrected chi connectivity index (χ3v) is 4.88. The summed E-state index contributed by atoms with van der Waals surface area (Å²) in [6.45, 7) is 0. The van der Waals surface area contributed by atoms with Crippen LogP contribution in [0.2, 0.25) is 5.15 Å². The lowest BCUT2D eigenvalue weighted by Gasteiger charge is -2.34. The molecule has 0 aliphatic carbocycles. The Morgan fingerprint density at radius 3 is 2.57 bits per heavy atom. The van der Waals surface area contributed by atoms with Gasteiger partial charge in [0.1, 0.15) is 18.5 Å². The van der Waals surface area contributed by atoms with Gasteiger partial charge >= 0.3 is 0 Å². The number of halogens is 1. The van der Waals surface area contributed by atoms with Crippen LogP contribution >= 0.6 is 23.4 Å². The highest BCUT2D eigenvalue weighted by Gasteiger charge is 2.38. The van der Waals surface area contributed by atoms with Crippen LogP contribution in [0.4, 0.5) is 0 Å². The van der Waals surface area contributed by atoms with Crippen molar-refractivity contribution in [3.05, 3.63) is 36.0 Å². The molecule has 1 fully saturated rings. The highest BCUT2D eigenvalue weighted by atomic mass is 35.5. The maximum absolute atomic E-state index is 9.96. The van der Waals surface area contributed by atoms with Crippen molar-refractivity contribution >= 4 is 23.4 Å². The molecule has 0 aromatic carbocycles. The van der Waals surface area contributed by atoms with Crippen LogP contribution < -0.4 is 4.74 Å². The number of aliphatic hydroxyl groups excluding tert-OH is 3. The Balaban J connectivity index is 1.77. The third-order valence-electron chi connectivity index (χ3n) is 3.37. The van der Waals surface area contributed by atoms with Crippen LogP contribution in [-0.2, 0) is 0 Å². The molecule has 3 heterocycles. The van der Waals surface area contributed by atoms with E-state index in [2.05, 4.69) is 15.0 Å². The number of nitrogens with zero attached hydrogens (tertiary/aromatic N) is 3. The first-order chi connectivity index (χ1) is 11.1. The summed E-state index contributed by atoms with van der Waals surface area (Å²) in [5.74, 6) is 0.542. The van der Waals surface area contributed by atoms with Crippen LogP contribution in [0.1, 0.15) is 0 Å². The predicted octanol–water partition coefficient (Wildman–Crippen LogP) is 0.726. The minimum Gasteiger partial charge on any atom is -0.474 e. The summed E-state index contributed by atoms with van der Waals surface area (Å²) < 4.78 is 5.62. The fourth-order valence-corrected chi connectivity index (χ4v) is 3.42. The fourth-order valence-electron chi connectivity index (χ4n) is 2.11.